The molecule has 0 saturated heterocycles. The van der Waals surface area contributed by atoms with Crippen molar-refractivity contribution in [1.29, 1.82) is 0 Å². The Morgan fingerprint density at radius 1 is 1.36 bits per heavy atom. The minimum absolute atomic E-state index is 0.304. The number of allylic oxidation sites excluding steroid dienone is 1. The van der Waals surface area contributed by atoms with Crippen molar-refractivity contribution in [3.05, 3.63) is 12.2 Å². The van der Waals surface area contributed by atoms with Crippen LogP contribution in [0.4, 0.5) is 0 Å². The molecule has 2 N–H and O–H groups in total. The van der Waals surface area contributed by atoms with Gasteiger partial charge in [0.05, 0.1) is 0 Å². The van der Waals surface area contributed by atoms with Crippen molar-refractivity contribution >= 4 is 0 Å². The molecule has 3 unspecified atom stereocenters. The van der Waals surface area contributed by atoms with Crippen molar-refractivity contribution in [2.24, 2.45) is 23.5 Å². The minimum Gasteiger partial charge on any atom is -0.324 e. The van der Waals surface area contributed by atoms with E-state index in [1.54, 1.807) is 0 Å². The first-order valence-corrected chi connectivity index (χ1v) is 4.55. The summed E-state index contributed by atoms with van der Waals surface area (Å²) in [5.41, 5.74) is 5.84. The van der Waals surface area contributed by atoms with Crippen LogP contribution in [0.3, 0.4) is 0 Å². The second-order valence-corrected chi connectivity index (χ2v) is 4.05. The van der Waals surface area contributed by atoms with E-state index in [-0.39, 0.29) is 0 Å². The van der Waals surface area contributed by atoms with Crippen molar-refractivity contribution in [3.63, 3.8) is 0 Å². The van der Waals surface area contributed by atoms with E-state index < -0.39 is 0 Å². The van der Waals surface area contributed by atoms with Crippen LogP contribution in [0.1, 0.15) is 27.2 Å². The molecule has 0 fully saturated rings. The second kappa shape index (κ2) is 3.40. The van der Waals surface area contributed by atoms with Gasteiger partial charge in [-0.05, 0) is 24.2 Å². The predicted octanol–water partition coefficient (Wildman–Crippen LogP) is 2.18. The van der Waals surface area contributed by atoms with E-state index in [1.807, 2.05) is 0 Å². The van der Waals surface area contributed by atoms with Gasteiger partial charge in [0.25, 0.3) is 0 Å². The fourth-order valence-corrected chi connectivity index (χ4v) is 1.95. The molecule has 0 aromatic heterocycles. The molecule has 0 heterocycles. The van der Waals surface area contributed by atoms with Gasteiger partial charge in [0.15, 0.2) is 0 Å². The lowest BCUT2D eigenvalue weighted by atomic mass is 9.76. The largest absolute Gasteiger partial charge is 0.324 e. The average Bonchev–Trinajstić information content (AvgIpc) is 1.94. The first-order valence-electron chi connectivity index (χ1n) is 4.55. The third-order valence-corrected chi connectivity index (χ3v) is 2.74. The Balaban J connectivity index is 2.60. The van der Waals surface area contributed by atoms with Crippen molar-refractivity contribution in [3.8, 4) is 0 Å². The monoisotopic (exact) mass is 153 g/mol. The molecule has 0 aliphatic heterocycles. The molecular weight excluding hydrogens is 134 g/mol. The van der Waals surface area contributed by atoms with Crippen LogP contribution in [0.15, 0.2) is 12.2 Å². The van der Waals surface area contributed by atoms with Crippen LogP contribution in [-0.2, 0) is 0 Å². The maximum absolute atomic E-state index is 5.84. The maximum Gasteiger partial charge on any atom is 0.0226 e. The standard InChI is InChI=1S/C10H19N/c1-7(2)10-6-9(11)5-4-8(10)3/h4-5,7-10H,6,11H2,1-3H3. The summed E-state index contributed by atoms with van der Waals surface area (Å²) in [5.74, 6) is 2.27. The Hall–Kier alpha value is -0.300. The van der Waals surface area contributed by atoms with E-state index in [9.17, 15) is 0 Å². The lowest BCUT2D eigenvalue weighted by Gasteiger charge is -2.30. The zero-order chi connectivity index (χ0) is 8.43. The van der Waals surface area contributed by atoms with Crippen LogP contribution in [0.5, 0.6) is 0 Å². The van der Waals surface area contributed by atoms with Crippen LogP contribution in [0.25, 0.3) is 0 Å². The zero-order valence-corrected chi connectivity index (χ0v) is 7.75. The summed E-state index contributed by atoms with van der Waals surface area (Å²) in [6.45, 7) is 6.85. The van der Waals surface area contributed by atoms with Gasteiger partial charge in [0.2, 0.25) is 0 Å². The summed E-state index contributed by atoms with van der Waals surface area (Å²) >= 11 is 0. The highest BCUT2D eigenvalue weighted by Gasteiger charge is 2.23. The molecule has 1 aliphatic carbocycles. The summed E-state index contributed by atoms with van der Waals surface area (Å²) < 4.78 is 0. The van der Waals surface area contributed by atoms with Gasteiger partial charge in [-0.2, -0.15) is 0 Å². The van der Waals surface area contributed by atoms with Crippen LogP contribution >= 0.6 is 0 Å². The first kappa shape index (κ1) is 8.79. The smallest absolute Gasteiger partial charge is 0.0226 e. The van der Waals surface area contributed by atoms with Gasteiger partial charge in [-0.3, -0.25) is 0 Å². The highest BCUT2D eigenvalue weighted by atomic mass is 14.6. The molecule has 3 atom stereocenters. The number of hydrogen-bond acceptors (Lipinski definition) is 1. The SMILES string of the molecule is CC(C)C1CC(N)C=CC1C. The molecular formula is C10H19N. The second-order valence-electron chi connectivity index (χ2n) is 4.05. The first-order chi connectivity index (χ1) is 5.11. The Kier molecular flexibility index (Phi) is 2.72. The number of rotatable bonds is 1. The fourth-order valence-electron chi connectivity index (χ4n) is 1.95. The average molecular weight is 153 g/mol. The van der Waals surface area contributed by atoms with Crippen LogP contribution in [0, 0.1) is 17.8 Å². The van der Waals surface area contributed by atoms with E-state index in [2.05, 4.69) is 32.9 Å². The quantitative estimate of drug-likeness (QED) is 0.574. The summed E-state index contributed by atoms with van der Waals surface area (Å²) in [5, 5.41) is 0. The van der Waals surface area contributed by atoms with Crippen LogP contribution < -0.4 is 5.73 Å². The lowest BCUT2D eigenvalue weighted by molar-refractivity contribution is 0.270. The Labute approximate surface area is 69.7 Å². The van der Waals surface area contributed by atoms with E-state index in [4.69, 9.17) is 5.73 Å². The van der Waals surface area contributed by atoms with Crippen molar-refractivity contribution < 1.29 is 0 Å². The molecule has 1 heteroatoms. The van der Waals surface area contributed by atoms with Gasteiger partial charge in [-0.1, -0.05) is 32.9 Å². The number of hydrogen-bond donors (Lipinski definition) is 1. The van der Waals surface area contributed by atoms with E-state index >= 15 is 0 Å². The number of nitrogens with two attached hydrogens (primary N) is 1. The normalized spacial score (nSPS) is 38.1. The summed E-state index contributed by atoms with van der Waals surface area (Å²) in [6, 6.07) is 0.304. The molecule has 0 bridgehead atoms. The summed E-state index contributed by atoms with van der Waals surface area (Å²) in [4.78, 5) is 0. The third-order valence-electron chi connectivity index (χ3n) is 2.74. The van der Waals surface area contributed by atoms with E-state index in [0.29, 0.717) is 6.04 Å². The highest BCUT2D eigenvalue weighted by molar-refractivity contribution is 5.02. The highest BCUT2D eigenvalue weighted by Crippen LogP contribution is 2.29. The van der Waals surface area contributed by atoms with Gasteiger partial charge in [0, 0.05) is 6.04 Å². The Morgan fingerprint density at radius 2 is 2.00 bits per heavy atom. The van der Waals surface area contributed by atoms with Crippen LogP contribution in [0.2, 0.25) is 0 Å². The zero-order valence-electron chi connectivity index (χ0n) is 7.75. The maximum atomic E-state index is 5.84. The van der Waals surface area contributed by atoms with Crippen LogP contribution in [-0.4, -0.2) is 6.04 Å². The van der Waals surface area contributed by atoms with Gasteiger partial charge in [0.1, 0.15) is 0 Å². The molecule has 0 saturated carbocycles. The molecule has 0 radical (unpaired) electrons. The van der Waals surface area contributed by atoms with E-state index in [0.717, 1.165) is 24.2 Å². The van der Waals surface area contributed by atoms with Crippen molar-refractivity contribution in [2.45, 2.75) is 33.2 Å². The Morgan fingerprint density at radius 3 is 2.45 bits per heavy atom. The molecule has 0 aromatic carbocycles. The summed E-state index contributed by atoms with van der Waals surface area (Å²) in [7, 11) is 0. The fraction of sp³-hybridized carbons (Fsp3) is 0.800. The van der Waals surface area contributed by atoms with Crippen molar-refractivity contribution in [2.75, 3.05) is 0 Å². The predicted molar refractivity (Wildman–Crippen MR) is 49.2 cm³/mol. The van der Waals surface area contributed by atoms with E-state index in [1.165, 1.54) is 0 Å². The third kappa shape index (κ3) is 2.06. The molecule has 64 valence electrons. The van der Waals surface area contributed by atoms with Gasteiger partial charge < -0.3 is 5.73 Å². The molecule has 1 nitrogen and oxygen atoms in total. The summed E-state index contributed by atoms with van der Waals surface area (Å²) in [6.07, 6.45) is 5.57. The molecule has 0 aromatic rings. The lowest BCUT2D eigenvalue weighted by Crippen LogP contribution is -2.30. The molecule has 11 heavy (non-hydrogen) atoms. The van der Waals surface area contributed by atoms with Gasteiger partial charge >= 0.3 is 0 Å². The van der Waals surface area contributed by atoms with Crippen molar-refractivity contribution in [1.82, 2.24) is 0 Å². The Bertz CT molecular complexity index is 149. The topological polar surface area (TPSA) is 26.0 Å². The van der Waals surface area contributed by atoms with Gasteiger partial charge in [-0.15, -0.1) is 0 Å². The molecule has 1 aliphatic rings. The molecule has 1 rings (SSSR count). The molecule has 0 spiro atoms. The van der Waals surface area contributed by atoms with Gasteiger partial charge in [-0.25, -0.2) is 0 Å². The molecule has 0 amide bonds. The minimum atomic E-state index is 0.304.